The van der Waals surface area contributed by atoms with E-state index in [0.717, 1.165) is 19.3 Å². The lowest BCUT2D eigenvalue weighted by Crippen LogP contribution is -2.19. The summed E-state index contributed by atoms with van der Waals surface area (Å²) in [7, 11) is 0. The molecule has 1 rings (SSSR count). The number of unbranched alkanes of at least 4 members (excludes halogenated alkanes) is 2. The van der Waals surface area contributed by atoms with Gasteiger partial charge in [-0.25, -0.2) is 9.18 Å². The van der Waals surface area contributed by atoms with Crippen molar-refractivity contribution in [2.45, 2.75) is 39.2 Å². The molecule has 0 bridgehead atoms. The lowest BCUT2D eigenvalue weighted by Gasteiger charge is -2.16. The molecule has 106 valence electrons. The van der Waals surface area contributed by atoms with Crippen molar-refractivity contribution in [1.29, 1.82) is 0 Å². The van der Waals surface area contributed by atoms with E-state index < -0.39 is 12.1 Å². The molecule has 0 amide bonds. The fourth-order valence-electron chi connectivity index (χ4n) is 1.71. The molecule has 0 spiro atoms. The van der Waals surface area contributed by atoms with Crippen molar-refractivity contribution in [2.24, 2.45) is 0 Å². The highest BCUT2D eigenvalue weighted by atomic mass is 19.1. The van der Waals surface area contributed by atoms with Crippen molar-refractivity contribution in [2.75, 3.05) is 13.2 Å². The van der Waals surface area contributed by atoms with Crippen molar-refractivity contribution in [3.8, 4) is 0 Å². The van der Waals surface area contributed by atoms with Crippen molar-refractivity contribution in [3.05, 3.63) is 35.6 Å². The maximum atomic E-state index is 12.9. The van der Waals surface area contributed by atoms with Crippen molar-refractivity contribution in [3.63, 3.8) is 0 Å². The SMILES string of the molecule is CCCCCOC(C(=O)OCC)c1ccc(F)cc1. The standard InChI is InChI=1S/C15H21FO3/c1-3-5-6-11-19-14(15(17)18-4-2)12-7-9-13(16)10-8-12/h7-10,14H,3-6,11H2,1-2H3. The van der Waals surface area contributed by atoms with Gasteiger partial charge < -0.3 is 9.47 Å². The number of benzene rings is 1. The number of halogens is 1. The molecule has 0 saturated heterocycles. The Morgan fingerprint density at radius 2 is 1.89 bits per heavy atom. The lowest BCUT2D eigenvalue weighted by molar-refractivity contribution is -0.157. The van der Waals surface area contributed by atoms with E-state index in [4.69, 9.17) is 9.47 Å². The number of hydrogen-bond acceptors (Lipinski definition) is 3. The number of carbonyl (C=O) groups excluding carboxylic acids is 1. The van der Waals surface area contributed by atoms with Crippen LogP contribution in [0.1, 0.15) is 44.8 Å². The summed E-state index contributed by atoms with van der Waals surface area (Å²) in [4.78, 5) is 11.9. The quantitative estimate of drug-likeness (QED) is 0.533. The second-order valence-electron chi connectivity index (χ2n) is 4.26. The van der Waals surface area contributed by atoms with Gasteiger partial charge in [-0.3, -0.25) is 0 Å². The van der Waals surface area contributed by atoms with Gasteiger partial charge in [-0.1, -0.05) is 31.9 Å². The van der Waals surface area contributed by atoms with E-state index in [9.17, 15) is 9.18 Å². The van der Waals surface area contributed by atoms with Crippen molar-refractivity contribution < 1.29 is 18.7 Å². The van der Waals surface area contributed by atoms with E-state index in [1.807, 2.05) is 0 Å². The smallest absolute Gasteiger partial charge is 0.339 e. The monoisotopic (exact) mass is 268 g/mol. The third-order valence-electron chi connectivity index (χ3n) is 2.71. The number of carbonyl (C=O) groups is 1. The highest BCUT2D eigenvalue weighted by Gasteiger charge is 2.22. The molecule has 4 heteroatoms. The highest BCUT2D eigenvalue weighted by Crippen LogP contribution is 2.20. The molecule has 19 heavy (non-hydrogen) atoms. The maximum absolute atomic E-state index is 12.9. The van der Waals surface area contributed by atoms with E-state index >= 15 is 0 Å². The fraction of sp³-hybridized carbons (Fsp3) is 0.533. The van der Waals surface area contributed by atoms with Gasteiger partial charge in [0.25, 0.3) is 0 Å². The molecule has 1 unspecified atom stereocenters. The molecular formula is C15H21FO3. The number of hydrogen-bond donors (Lipinski definition) is 0. The summed E-state index contributed by atoms with van der Waals surface area (Å²) in [5, 5.41) is 0. The second kappa shape index (κ2) is 8.64. The number of rotatable bonds is 8. The molecular weight excluding hydrogens is 247 g/mol. The van der Waals surface area contributed by atoms with Gasteiger partial charge in [0.05, 0.1) is 6.61 Å². The topological polar surface area (TPSA) is 35.5 Å². The Bertz CT molecular complexity index is 375. The van der Waals surface area contributed by atoms with Crippen LogP contribution in [0, 0.1) is 5.82 Å². The molecule has 0 aromatic heterocycles. The van der Waals surface area contributed by atoms with Gasteiger partial charge in [-0.15, -0.1) is 0 Å². The minimum Gasteiger partial charge on any atom is -0.464 e. The van der Waals surface area contributed by atoms with E-state index in [0.29, 0.717) is 18.8 Å². The first-order valence-corrected chi connectivity index (χ1v) is 6.72. The zero-order valence-corrected chi connectivity index (χ0v) is 11.5. The summed E-state index contributed by atoms with van der Waals surface area (Å²) >= 11 is 0. The second-order valence-corrected chi connectivity index (χ2v) is 4.26. The van der Waals surface area contributed by atoms with Crippen LogP contribution in [0.5, 0.6) is 0 Å². The van der Waals surface area contributed by atoms with Crippen LogP contribution in [-0.2, 0) is 14.3 Å². The summed E-state index contributed by atoms with van der Waals surface area (Å²) in [6, 6.07) is 5.74. The predicted octanol–water partition coefficient (Wildman–Crippen LogP) is 3.64. The molecule has 1 atom stereocenters. The van der Waals surface area contributed by atoms with Gasteiger partial charge in [0.15, 0.2) is 6.10 Å². The average Bonchev–Trinajstić information content (AvgIpc) is 2.40. The lowest BCUT2D eigenvalue weighted by atomic mass is 10.1. The molecule has 0 heterocycles. The minimum absolute atomic E-state index is 0.300. The molecule has 0 radical (unpaired) electrons. The molecule has 0 aliphatic heterocycles. The molecule has 0 aliphatic carbocycles. The summed E-state index contributed by atoms with van der Waals surface area (Å²) in [6.07, 6.45) is 2.27. The van der Waals surface area contributed by atoms with Crippen molar-refractivity contribution in [1.82, 2.24) is 0 Å². The molecule has 0 fully saturated rings. The van der Waals surface area contributed by atoms with Gasteiger partial charge in [-0.05, 0) is 31.0 Å². The molecule has 0 N–H and O–H groups in total. The Labute approximate surface area is 113 Å². The minimum atomic E-state index is -0.766. The van der Waals surface area contributed by atoms with Crippen LogP contribution in [0.2, 0.25) is 0 Å². The third kappa shape index (κ3) is 5.39. The first-order chi connectivity index (χ1) is 9.19. The molecule has 1 aromatic carbocycles. The first kappa shape index (κ1) is 15.6. The maximum Gasteiger partial charge on any atom is 0.339 e. The van der Waals surface area contributed by atoms with Crippen LogP contribution in [0.15, 0.2) is 24.3 Å². The average molecular weight is 268 g/mol. The Hall–Kier alpha value is -1.42. The van der Waals surface area contributed by atoms with Gasteiger partial charge in [-0.2, -0.15) is 0 Å². The van der Waals surface area contributed by atoms with Crippen LogP contribution < -0.4 is 0 Å². The van der Waals surface area contributed by atoms with Gasteiger partial charge in [0.2, 0.25) is 0 Å². The van der Waals surface area contributed by atoms with Crippen LogP contribution in [0.3, 0.4) is 0 Å². The van der Waals surface area contributed by atoms with Gasteiger partial charge in [0.1, 0.15) is 5.82 Å². The zero-order valence-electron chi connectivity index (χ0n) is 11.5. The third-order valence-corrected chi connectivity index (χ3v) is 2.71. The Morgan fingerprint density at radius 1 is 1.21 bits per heavy atom. The molecule has 1 aromatic rings. The van der Waals surface area contributed by atoms with Crippen LogP contribution in [0.25, 0.3) is 0 Å². The Kier molecular flexibility index (Phi) is 7.11. The molecule has 0 aliphatic rings. The largest absolute Gasteiger partial charge is 0.464 e. The summed E-state index contributed by atoms with van der Waals surface area (Å²) in [5.41, 5.74) is 0.622. The van der Waals surface area contributed by atoms with Crippen LogP contribution >= 0.6 is 0 Å². The van der Waals surface area contributed by atoms with Crippen LogP contribution in [0.4, 0.5) is 4.39 Å². The summed E-state index contributed by atoms with van der Waals surface area (Å²) in [5.74, 6) is -0.761. The zero-order chi connectivity index (χ0) is 14.1. The fourth-order valence-corrected chi connectivity index (χ4v) is 1.71. The summed E-state index contributed by atoms with van der Waals surface area (Å²) in [6.45, 7) is 4.64. The first-order valence-electron chi connectivity index (χ1n) is 6.72. The Morgan fingerprint density at radius 3 is 2.47 bits per heavy atom. The molecule has 0 saturated carbocycles. The normalized spacial score (nSPS) is 12.2. The number of ether oxygens (including phenoxy) is 2. The molecule has 3 nitrogen and oxygen atoms in total. The Balaban J connectivity index is 2.68. The summed E-state index contributed by atoms with van der Waals surface area (Å²) < 4.78 is 23.5. The van der Waals surface area contributed by atoms with Crippen molar-refractivity contribution >= 4 is 5.97 Å². The van der Waals surface area contributed by atoms with Gasteiger partial charge >= 0.3 is 5.97 Å². The van der Waals surface area contributed by atoms with Gasteiger partial charge in [0, 0.05) is 6.61 Å². The predicted molar refractivity (Wildman–Crippen MR) is 71.3 cm³/mol. The number of esters is 1. The van der Waals surface area contributed by atoms with E-state index in [1.165, 1.54) is 12.1 Å². The van der Waals surface area contributed by atoms with E-state index in [1.54, 1.807) is 19.1 Å². The van der Waals surface area contributed by atoms with E-state index in [-0.39, 0.29) is 5.82 Å². The van der Waals surface area contributed by atoms with E-state index in [2.05, 4.69) is 6.92 Å². The van der Waals surface area contributed by atoms with Crippen LogP contribution in [-0.4, -0.2) is 19.2 Å². The highest BCUT2D eigenvalue weighted by molar-refractivity contribution is 5.76.